The van der Waals surface area contributed by atoms with Crippen LogP contribution in [0.5, 0.6) is 5.75 Å². The maximum atomic E-state index is 8.80. The van der Waals surface area contributed by atoms with Gasteiger partial charge in [-0.15, -0.1) is 0 Å². The zero-order chi connectivity index (χ0) is 14.6. The summed E-state index contributed by atoms with van der Waals surface area (Å²) in [4.78, 5) is 0. The Morgan fingerprint density at radius 2 is 2.20 bits per heavy atom. The Balaban J connectivity index is 1.91. The summed E-state index contributed by atoms with van der Waals surface area (Å²) in [6, 6.07) is 8.57. The SMILES string of the molecule is CC(C)NCc1ccc(OCC2(CC#N)CC2)c(Cl)c1. The summed E-state index contributed by atoms with van der Waals surface area (Å²) in [5, 5.41) is 12.8. The lowest BCUT2D eigenvalue weighted by atomic mass is 10.1. The summed E-state index contributed by atoms with van der Waals surface area (Å²) in [5.41, 5.74) is 1.23. The second-order valence-corrected chi connectivity index (χ2v) is 6.33. The predicted molar refractivity (Wildman–Crippen MR) is 80.8 cm³/mol. The molecule has 0 atom stereocenters. The van der Waals surface area contributed by atoms with Crippen molar-refractivity contribution in [1.29, 1.82) is 5.26 Å². The molecular weight excluding hydrogens is 272 g/mol. The number of ether oxygens (including phenoxy) is 1. The molecule has 0 aromatic heterocycles. The van der Waals surface area contributed by atoms with E-state index in [2.05, 4.69) is 25.2 Å². The molecule has 108 valence electrons. The Morgan fingerprint density at radius 1 is 1.45 bits per heavy atom. The number of nitrogens with zero attached hydrogens (tertiary/aromatic N) is 1. The minimum atomic E-state index is 0.0793. The Hall–Kier alpha value is -1.24. The van der Waals surface area contributed by atoms with Crippen LogP contribution in [0.3, 0.4) is 0 Å². The average molecular weight is 293 g/mol. The molecule has 0 spiro atoms. The molecule has 1 aromatic rings. The van der Waals surface area contributed by atoms with E-state index in [1.54, 1.807) is 0 Å². The molecule has 1 aromatic carbocycles. The van der Waals surface area contributed by atoms with E-state index in [4.69, 9.17) is 21.6 Å². The minimum absolute atomic E-state index is 0.0793. The molecule has 1 aliphatic carbocycles. The van der Waals surface area contributed by atoms with Crippen molar-refractivity contribution < 1.29 is 4.74 Å². The third kappa shape index (κ3) is 4.13. The van der Waals surface area contributed by atoms with Crippen LogP contribution in [0.25, 0.3) is 0 Å². The average Bonchev–Trinajstić information content (AvgIpc) is 3.16. The van der Waals surface area contributed by atoms with E-state index >= 15 is 0 Å². The van der Waals surface area contributed by atoms with Gasteiger partial charge in [0.25, 0.3) is 0 Å². The van der Waals surface area contributed by atoms with Gasteiger partial charge in [-0.05, 0) is 30.5 Å². The zero-order valence-electron chi connectivity index (χ0n) is 12.1. The largest absolute Gasteiger partial charge is 0.491 e. The van der Waals surface area contributed by atoms with Crippen LogP contribution in [0.15, 0.2) is 18.2 Å². The van der Waals surface area contributed by atoms with Gasteiger partial charge in [0.1, 0.15) is 5.75 Å². The van der Waals surface area contributed by atoms with Gasteiger partial charge in [0.2, 0.25) is 0 Å². The molecule has 4 heteroatoms. The Kier molecular flexibility index (Phi) is 4.91. The van der Waals surface area contributed by atoms with Gasteiger partial charge in [-0.2, -0.15) is 5.26 Å². The molecule has 0 aliphatic heterocycles. The van der Waals surface area contributed by atoms with Gasteiger partial charge in [-0.25, -0.2) is 0 Å². The van der Waals surface area contributed by atoms with E-state index in [0.29, 0.717) is 29.8 Å². The molecule has 1 saturated carbocycles. The number of nitriles is 1. The van der Waals surface area contributed by atoms with Crippen molar-refractivity contribution >= 4 is 11.6 Å². The summed E-state index contributed by atoms with van der Waals surface area (Å²) < 4.78 is 5.79. The van der Waals surface area contributed by atoms with Crippen LogP contribution in [0.4, 0.5) is 0 Å². The molecule has 1 N–H and O–H groups in total. The second-order valence-electron chi connectivity index (χ2n) is 5.92. The monoisotopic (exact) mass is 292 g/mol. The third-order valence-electron chi connectivity index (χ3n) is 3.66. The fourth-order valence-electron chi connectivity index (χ4n) is 2.04. The van der Waals surface area contributed by atoms with Gasteiger partial charge in [0.05, 0.1) is 17.7 Å². The Morgan fingerprint density at radius 3 is 2.75 bits per heavy atom. The van der Waals surface area contributed by atoms with Crippen molar-refractivity contribution in [2.45, 2.75) is 45.7 Å². The van der Waals surface area contributed by atoms with Crippen LogP contribution in [0, 0.1) is 16.7 Å². The van der Waals surface area contributed by atoms with Gasteiger partial charge in [-0.1, -0.05) is 31.5 Å². The number of hydrogen-bond acceptors (Lipinski definition) is 3. The topological polar surface area (TPSA) is 45.0 Å². The van der Waals surface area contributed by atoms with E-state index in [-0.39, 0.29) is 5.41 Å². The lowest BCUT2D eigenvalue weighted by Gasteiger charge is -2.15. The molecule has 1 aliphatic rings. The molecule has 0 heterocycles. The number of benzene rings is 1. The third-order valence-corrected chi connectivity index (χ3v) is 3.95. The van der Waals surface area contributed by atoms with E-state index in [1.807, 2.05) is 18.2 Å². The second kappa shape index (κ2) is 6.47. The first kappa shape index (κ1) is 15.2. The lowest BCUT2D eigenvalue weighted by molar-refractivity contribution is 0.237. The molecular formula is C16H21ClN2O. The van der Waals surface area contributed by atoms with E-state index in [0.717, 1.165) is 24.9 Å². The molecule has 0 amide bonds. The van der Waals surface area contributed by atoms with Gasteiger partial charge in [-0.3, -0.25) is 0 Å². The normalized spacial score (nSPS) is 15.9. The number of rotatable bonds is 7. The van der Waals surface area contributed by atoms with Crippen LogP contribution in [0.2, 0.25) is 5.02 Å². The summed E-state index contributed by atoms with van der Waals surface area (Å²) in [5.74, 6) is 0.712. The Labute approximate surface area is 125 Å². The molecule has 2 rings (SSSR count). The van der Waals surface area contributed by atoms with E-state index in [9.17, 15) is 0 Å². The minimum Gasteiger partial charge on any atom is -0.491 e. The highest BCUT2D eigenvalue weighted by molar-refractivity contribution is 6.32. The first-order valence-electron chi connectivity index (χ1n) is 7.06. The van der Waals surface area contributed by atoms with Crippen molar-refractivity contribution in [3.05, 3.63) is 28.8 Å². The highest BCUT2D eigenvalue weighted by Crippen LogP contribution is 2.49. The number of halogens is 1. The zero-order valence-corrected chi connectivity index (χ0v) is 12.8. The molecule has 0 radical (unpaired) electrons. The first-order valence-corrected chi connectivity index (χ1v) is 7.44. The number of nitrogens with one attached hydrogen (secondary N) is 1. The molecule has 20 heavy (non-hydrogen) atoms. The van der Waals surface area contributed by atoms with Crippen LogP contribution >= 0.6 is 11.6 Å². The first-order chi connectivity index (χ1) is 9.54. The predicted octanol–water partition coefficient (Wildman–Crippen LogP) is 3.91. The fraction of sp³-hybridized carbons (Fsp3) is 0.562. The maximum Gasteiger partial charge on any atom is 0.137 e. The quantitative estimate of drug-likeness (QED) is 0.829. The van der Waals surface area contributed by atoms with Crippen molar-refractivity contribution in [2.75, 3.05) is 6.61 Å². The summed E-state index contributed by atoms with van der Waals surface area (Å²) in [6.07, 6.45) is 2.73. The van der Waals surface area contributed by atoms with Crippen LogP contribution in [-0.2, 0) is 6.54 Å². The Bertz CT molecular complexity index is 504. The van der Waals surface area contributed by atoms with Crippen LogP contribution in [-0.4, -0.2) is 12.6 Å². The van der Waals surface area contributed by atoms with E-state index in [1.165, 1.54) is 0 Å². The summed E-state index contributed by atoms with van der Waals surface area (Å²) in [7, 11) is 0. The van der Waals surface area contributed by atoms with Crippen molar-refractivity contribution in [2.24, 2.45) is 5.41 Å². The summed E-state index contributed by atoms with van der Waals surface area (Å²) in [6.45, 7) is 5.62. The van der Waals surface area contributed by atoms with Crippen LogP contribution in [0.1, 0.15) is 38.7 Å². The highest BCUT2D eigenvalue weighted by atomic mass is 35.5. The highest BCUT2D eigenvalue weighted by Gasteiger charge is 2.43. The molecule has 0 unspecified atom stereocenters. The van der Waals surface area contributed by atoms with Gasteiger partial charge < -0.3 is 10.1 Å². The standard InChI is InChI=1S/C16H21ClN2O/c1-12(2)19-10-13-3-4-15(14(17)9-13)20-11-16(5-6-16)7-8-18/h3-4,9,12,19H,5-7,10-11H2,1-2H3. The van der Waals surface area contributed by atoms with Crippen molar-refractivity contribution in [1.82, 2.24) is 5.32 Å². The van der Waals surface area contributed by atoms with E-state index < -0.39 is 0 Å². The van der Waals surface area contributed by atoms with Crippen molar-refractivity contribution in [3.63, 3.8) is 0 Å². The van der Waals surface area contributed by atoms with Crippen molar-refractivity contribution in [3.8, 4) is 11.8 Å². The lowest BCUT2D eigenvalue weighted by Crippen LogP contribution is -2.21. The molecule has 1 fully saturated rings. The maximum absolute atomic E-state index is 8.80. The van der Waals surface area contributed by atoms with Gasteiger partial charge in [0, 0.05) is 24.4 Å². The summed E-state index contributed by atoms with van der Waals surface area (Å²) >= 11 is 6.25. The molecule has 0 saturated heterocycles. The van der Waals surface area contributed by atoms with Gasteiger partial charge in [0.15, 0.2) is 0 Å². The smallest absolute Gasteiger partial charge is 0.137 e. The number of hydrogen-bond donors (Lipinski definition) is 1. The van der Waals surface area contributed by atoms with Crippen LogP contribution < -0.4 is 10.1 Å². The fourth-order valence-corrected chi connectivity index (χ4v) is 2.30. The molecule has 3 nitrogen and oxygen atoms in total. The van der Waals surface area contributed by atoms with Gasteiger partial charge >= 0.3 is 0 Å². The molecule has 0 bridgehead atoms.